The lowest BCUT2D eigenvalue weighted by molar-refractivity contribution is 0.307. The molecule has 0 saturated heterocycles. The van der Waals surface area contributed by atoms with E-state index in [1.807, 2.05) is 47.8 Å². The van der Waals surface area contributed by atoms with Gasteiger partial charge >= 0.3 is 0 Å². The van der Waals surface area contributed by atoms with Crippen molar-refractivity contribution in [3.8, 4) is 11.8 Å². The standard InChI is InChI=1S/C14H9NO2S/c15-8-13-14(16-9-10-4-3-7-18-10)11-5-1-2-6-12(11)17-13/h1-7H,9H2. The molecule has 88 valence electrons. The lowest BCUT2D eigenvalue weighted by atomic mass is 10.2. The number of rotatable bonds is 3. The molecule has 18 heavy (non-hydrogen) atoms. The highest BCUT2D eigenvalue weighted by molar-refractivity contribution is 7.09. The van der Waals surface area contributed by atoms with E-state index in [4.69, 9.17) is 14.4 Å². The van der Waals surface area contributed by atoms with E-state index in [1.165, 1.54) is 0 Å². The Kier molecular flexibility index (Phi) is 2.75. The van der Waals surface area contributed by atoms with Crippen LogP contribution in [0.4, 0.5) is 0 Å². The molecule has 0 aliphatic heterocycles. The van der Waals surface area contributed by atoms with Gasteiger partial charge in [-0.15, -0.1) is 11.3 Å². The molecule has 4 heteroatoms. The van der Waals surface area contributed by atoms with E-state index in [9.17, 15) is 0 Å². The maximum Gasteiger partial charge on any atom is 0.246 e. The minimum Gasteiger partial charge on any atom is -0.483 e. The lowest BCUT2D eigenvalue weighted by Gasteiger charge is -2.02. The Morgan fingerprint density at radius 2 is 2.11 bits per heavy atom. The Hall–Kier alpha value is -2.25. The largest absolute Gasteiger partial charge is 0.483 e. The Balaban J connectivity index is 1.97. The van der Waals surface area contributed by atoms with E-state index in [2.05, 4.69) is 0 Å². The van der Waals surface area contributed by atoms with Gasteiger partial charge in [0.1, 0.15) is 18.3 Å². The summed E-state index contributed by atoms with van der Waals surface area (Å²) in [6, 6.07) is 13.5. The Bertz CT molecular complexity index is 707. The third kappa shape index (κ3) is 1.85. The monoisotopic (exact) mass is 255 g/mol. The first-order valence-electron chi connectivity index (χ1n) is 5.45. The van der Waals surface area contributed by atoms with Crippen molar-refractivity contribution in [3.05, 3.63) is 52.4 Å². The van der Waals surface area contributed by atoms with E-state index < -0.39 is 0 Å². The highest BCUT2D eigenvalue weighted by atomic mass is 32.1. The maximum atomic E-state index is 9.06. The van der Waals surface area contributed by atoms with Gasteiger partial charge < -0.3 is 9.15 Å². The predicted molar refractivity (Wildman–Crippen MR) is 69.6 cm³/mol. The van der Waals surface area contributed by atoms with Gasteiger partial charge in [0.2, 0.25) is 5.76 Å². The highest BCUT2D eigenvalue weighted by Crippen LogP contribution is 2.33. The van der Waals surface area contributed by atoms with Crippen molar-refractivity contribution in [2.75, 3.05) is 0 Å². The van der Waals surface area contributed by atoms with Gasteiger partial charge in [-0.25, -0.2) is 0 Å². The zero-order valence-electron chi connectivity index (χ0n) is 9.42. The number of ether oxygens (including phenoxy) is 1. The quantitative estimate of drug-likeness (QED) is 0.712. The lowest BCUT2D eigenvalue weighted by Crippen LogP contribution is -1.93. The Morgan fingerprint density at radius 3 is 2.89 bits per heavy atom. The van der Waals surface area contributed by atoms with E-state index >= 15 is 0 Å². The SMILES string of the molecule is N#Cc1oc2ccccc2c1OCc1cccs1. The summed E-state index contributed by atoms with van der Waals surface area (Å²) in [4.78, 5) is 1.11. The molecule has 0 spiro atoms. The van der Waals surface area contributed by atoms with Crippen LogP contribution in [0.2, 0.25) is 0 Å². The number of hydrogen-bond acceptors (Lipinski definition) is 4. The van der Waals surface area contributed by atoms with Crippen LogP contribution in [-0.4, -0.2) is 0 Å². The molecule has 0 fully saturated rings. The first-order chi connectivity index (χ1) is 8.88. The topological polar surface area (TPSA) is 46.2 Å². The van der Waals surface area contributed by atoms with Gasteiger partial charge in [0.15, 0.2) is 5.75 Å². The molecule has 3 nitrogen and oxygen atoms in total. The summed E-state index contributed by atoms with van der Waals surface area (Å²) >= 11 is 1.63. The van der Waals surface area contributed by atoms with Gasteiger partial charge in [0.05, 0.1) is 5.39 Å². The molecule has 0 unspecified atom stereocenters. The van der Waals surface area contributed by atoms with Crippen molar-refractivity contribution in [2.45, 2.75) is 6.61 Å². The number of fused-ring (bicyclic) bond motifs is 1. The molecule has 0 N–H and O–H groups in total. The molecule has 1 aromatic carbocycles. The minimum absolute atomic E-state index is 0.229. The van der Waals surface area contributed by atoms with Crippen LogP contribution < -0.4 is 4.74 Å². The highest BCUT2D eigenvalue weighted by Gasteiger charge is 2.15. The van der Waals surface area contributed by atoms with Gasteiger partial charge in [0.25, 0.3) is 0 Å². The number of furan rings is 1. The molecule has 0 bridgehead atoms. The average molecular weight is 255 g/mol. The van der Waals surface area contributed by atoms with Gasteiger partial charge in [-0.05, 0) is 23.6 Å². The molecule has 2 aromatic heterocycles. The molecule has 0 amide bonds. The van der Waals surface area contributed by atoms with Gasteiger partial charge in [0, 0.05) is 4.88 Å². The molecular weight excluding hydrogens is 246 g/mol. The van der Waals surface area contributed by atoms with Gasteiger partial charge in [-0.3, -0.25) is 0 Å². The fraction of sp³-hybridized carbons (Fsp3) is 0.0714. The summed E-state index contributed by atoms with van der Waals surface area (Å²) in [6.45, 7) is 0.454. The molecule has 0 aliphatic carbocycles. The maximum absolute atomic E-state index is 9.06. The van der Waals surface area contributed by atoms with Crippen molar-refractivity contribution in [1.82, 2.24) is 0 Å². The first kappa shape index (κ1) is 10.9. The zero-order chi connectivity index (χ0) is 12.4. The third-order valence-corrected chi connectivity index (χ3v) is 3.44. The van der Waals surface area contributed by atoms with Crippen LogP contribution in [0.5, 0.6) is 5.75 Å². The minimum atomic E-state index is 0.229. The van der Waals surface area contributed by atoms with Crippen molar-refractivity contribution >= 4 is 22.3 Å². The summed E-state index contributed by atoms with van der Waals surface area (Å²) in [5.74, 6) is 0.759. The van der Waals surface area contributed by atoms with Crippen LogP contribution in [0.15, 0.2) is 46.2 Å². The molecule has 0 saturated carbocycles. The molecule has 0 radical (unpaired) electrons. The molecule has 3 aromatic rings. The Morgan fingerprint density at radius 1 is 1.22 bits per heavy atom. The summed E-state index contributed by atoms with van der Waals surface area (Å²) in [5.41, 5.74) is 0.676. The van der Waals surface area contributed by atoms with Crippen LogP contribution in [0.1, 0.15) is 10.6 Å². The molecular formula is C14H9NO2S. The second-order valence-electron chi connectivity index (χ2n) is 3.74. The summed E-state index contributed by atoms with van der Waals surface area (Å²) in [5, 5.41) is 11.9. The van der Waals surface area contributed by atoms with E-state index in [1.54, 1.807) is 11.3 Å². The van der Waals surface area contributed by atoms with E-state index in [0.717, 1.165) is 10.3 Å². The van der Waals surface area contributed by atoms with Crippen molar-refractivity contribution in [3.63, 3.8) is 0 Å². The van der Waals surface area contributed by atoms with E-state index in [0.29, 0.717) is 17.9 Å². The van der Waals surface area contributed by atoms with Gasteiger partial charge in [-0.2, -0.15) is 5.26 Å². The van der Waals surface area contributed by atoms with Crippen LogP contribution in [0, 0.1) is 11.3 Å². The van der Waals surface area contributed by atoms with Crippen molar-refractivity contribution in [2.24, 2.45) is 0 Å². The summed E-state index contributed by atoms with van der Waals surface area (Å²) in [7, 11) is 0. The molecule has 0 atom stereocenters. The number of para-hydroxylation sites is 1. The van der Waals surface area contributed by atoms with E-state index in [-0.39, 0.29) is 5.76 Å². The fourth-order valence-corrected chi connectivity index (χ4v) is 2.39. The van der Waals surface area contributed by atoms with Gasteiger partial charge in [-0.1, -0.05) is 18.2 Å². The number of thiophene rings is 1. The van der Waals surface area contributed by atoms with Crippen molar-refractivity contribution in [1.29, 1.82) is 5.26 Å². The predicted octanol–water partition coefficient (Wildman–Crippen LogP) is 3.94. The number of nitrogens with zero attached hydrogens (tertiary/aromatic N) is 1. The second-order valence-corrected chi connectivity index (χ2v) is 4.77. The number of nitriles is 1. The third-order valence-electron chi connectivity index (χ3n) is 2.59. The summed E-state index contributed by atoms with van der Waals surface area (Å²) in [6.07, 6.45) is 0. The molecule has 2 heterocycles. The Labute approximate surface area is 108 Å². The van der Waals surface area contributed by atoms with Crippen LogP contribution in [-0.2, 0) is 6.61 Å². The average Bonchev–Trinajstić information content (AvgIpc) is 3.03. The number of hydrogen-bond donors (Lipinski definition) is 0. The smallest absolute Gasteiger partial charge is 0.246 e. The summed E-state index contributed by atoms with van der Waals surface area (Å²) < 4.78 is 11.2. The molecule has 0 aliphatic rings. The number of benzene rings is 1. The molecule has 3 rings (SSSR count). The zero-order valence-corrected chi connectivity index (χ0v) is 10.2. The second kappa shape index (κ2) is 4.55. The first-order valence-corrected chi connectivity index (χ1v) is 6.33. The van der Waals surface area contributed by atoms with Crippen LogP contribution in [0.3, 0.4) is 0 Å². The van der Waals surface area contributed by atoms with Crippen LogP contribution >= 0.6 is 11.3 Å². The van der Waals surface area contributed by atoms with Crippen molar-refractivity contribution < 1.29 is 9.15 Å². The normalized spacial score (nSPS) is 10.4. The van der Waals surface area contributed by atoms with Crippen LogP contribution in [0.25, 0.3) is 11.0 Å². The fourth-order valence-electron chi connectivity index (χ4n) is 1.78.